The summed E-state index contributed by atoms with van der Waals surface area (Å²) in [5.74, 6) is 2.92. The molecule has 0 aliphatic heterocycles. The minimum absolute atomic E-state index is 0.0596. The molecule has 2 aliphatic carbocycles. The number of aliphatic hydroxyl groups excluding tert-OH is 1. The van der Waals surface area contributed by atoms with Gasteiger partial charge < -0.3 is 15.2 Å². The molecular formula is C16H31NO2. The maximum Gasteiger partial charge on any atom is 0.0897 e. The van der Waals surface area contributed by atoms with Crippen LogP contribution < -0.4 is 5.32 Å². The molecule has 2 N–H and O–H groups in total. The van der Waals surface area contributed by atoms with Gasteiger partial charge in [0, 0.05) is 18.7 Å². The molecule has 3 nitrogen and oxygen atoms in total. The Balaban J connectivity index is 1.50. The summed E-state index contributed by atoms with van der Waals surface area (Å²) in [5, 5.41) is 13.1. The highest BCUT2D eigenvalue weighted by Gasteiger charge is 2.38. The molecule has 0 aromatic heterocycles. The van der Waals surface area contributed by atoms with Crippen molar-refractivity contribution in [1.29, 1.82) is 0 Å². The summed E-state index contributed by atoms with van der Waals surface area (Å²) in [4.78, 5) is 0. The van der Waals surface area contributed by atoms with Crippen LogP contribution in [0.3, 0.4) is 0 Å². The maximum absolute atomic E-state index is 9.82. The van der Waals surface area contributed by atoms with Gasteiger partial charge in [-0.3, -0.25) is 0 Å². The Kier molecular flexibility index (Phi) is 5.27. The van der Waals surface area contributed by atoms with E-state index in [0.29, 0.717) is 13.2 Å². The molecule has 2 bridgehead atoms. The van der Waals surface area contributed by atoms with Gasteiger partial charge in [0.2, 0.25) is 0 Å². The summed E-state index contributed by atoms with van der Waals surface area (Å²) in [6.07, 6.45) is 6.64. The van der Waals surface area contributed by atoms with E-state index in [9.17, 15) is 5.11 Å². The molecule has 2 rings (SSSR count). The standard InChI is InChI=1S/C16H31NO2/c1-16(2,3)17-10-15(18)11-19-7-6-14-9-12-4-5-13(14)8-12/h12-15,17-18H,4-11H2,1-3H3. The van der Waals surface area contributed by atoms with E-state index >= 15 is 0 Å². The van der Waals surface area contributed by atoms with Crippen molar-refractivity contribution in [3.8, 4) is 0 Å². The lowest BCUT2D eigenvalue weighted by Crippen LogP contribution is -2.42. The van der Waals surface area contributed by atoms with Crippen LogP contribution in [-0.2, 0) is 4.74 Å². The third-order valence-corrected chi connectivity index (χ3v) is 4.70. The second-order valence-electron chi connectivity index (χ2n) is 7.58. The number of nitrogens with one attached hydrogen (secondary N) is 1. The van der Waals surface area contributed by atoms with E-state index < -0.39 is 0 Å². The molecule has 4 atom stereocenters. The van der Waals surface area contributed by atoms with Crippen molar-refractivity contribution in [1.82, 2.24) is 5.32 Å². The van der Waals surface area contributed by atoms with Crippen LogP contribution in [0.4, 0.5) is 0 Å². The van der Waals surface area contributed by atoms with Gasteiger partial charge in [0.25, 0.3) is 0 Å². The zero-order chi connectivity index (χ0) is 13.9. The molecule has 2 aliphatic rings. The fourth-order valence-electron chi connectivity index (χ4n) is 3.67. The van der Waals surface area contributed by atoms with E-state index in [-0.39, 0.29) is 11.6 Å². The number of fused-ring (bicyclic) bond motifs is 2. The van der Waals surface area contributed by atoms with Crippen molar-refractivity contribution in [3.63, 3.8) is 0 Å². The second kappa shape index (κ2) is 6.55. The molecule has 0 heterocycles. The summed E-state index contributed by atoms with van der Waals surface area (Å²) < 4.78 is 5.64. The van der Waals surface area contributed by atoms with E-state index in [1.165, 1.54) is 32.1 Å². The molecule has 0 radical (unpaired) electrons. The van der Waals surface area contributed by atoms with Crippen LogP contribution in [0.1, 0.15) is 52.9 Å². The Labute approximate surface area is 118 Å². The molecule has 3 heteroatoms. The van der Waals surface area contributed by atoms with Crippen LogP contribution in [0.5, 0.6) is 0 Å². The van der Waals surface area contributed by atoms with Gasteiger partial charge in [0.15, 0.2) is 0 Å². The SMILES string of the molecule is CC(C)(C)NCC(O)COCCC1CC2CCC1C2. The number of aliphatic hydroxyl groups is 1. The predicted molar refractivity (Wildman–Crippen MR) is 78.1 cm³/mol. The summed E-state index contributed by atoms with van der Waals surface area (Å²) in [5.41, 5.74) is 0.0596. The van der Waals surface area contributed by atoms with Crippen LogP contribution in [0, 0.1) is 17.8 Å². The second-order valence-corrected chi connectivity index (χ2v) is 7.58. The number of ether oxygens (including phenoxy) is 1. The highest BCUT2D eigenvalue weighted by molar-refractivity contribution is 4.89. The van der Waals surface area contributed by atoms with Gasteiger partial charge in [-0.05, 0) is 64.2 Å². The molecule has 0 aromatic rings. The van der Waals surface area contributed by atoms with E-state index in [2.05, 4.69) is 26.1 Å². The van der Waals surface area contributed by atoms with Crippen LogP contribution >= 0.6 is 0 Å². The molecule has 4 unspecified atom stereocenters. The Hall–Kier alpha value is -0.120. The number of rotatable bonds is 7. The number of β-amino-alcohol motifs (C(OH)–C–C–N with tert-alkyl or cyclic N) is 1. The van der Waals surface area contributed by atoms with Gasteiger partial charge in [-0.1, -0.05) is 6.42 Å². The van der Waals surface area contributed by atoms with Crippen LogP contribution in [0.25, 0.3) is 0 Å². The summed E-state index contributed by atoms with van der Waals surface area (Å²) >= 11 is 0. The van der Waals surface area contributed by atoms with Gasteiger partial charge in [0.05, 0.1) is 12.7 Å². The lowest BCUT2D eigenvalue weighted by Gasteiger charge is -2.23. The molecule has 2 saturated carbocycles. The number of hydrogen-bond donors (Lipinski definition) is 2. The summed E-state index contributed by atoms with van der Waals surface area (Å²) in [6, 6.07) is 0. The molecule has 112 valence electrons. The highest BCUT2D eigenvalue weighted by atomic mass is 16.5. The van der Waals surface area contributed by atoms with E-state index in [1.54, 1.807) is 0 Å². The topological polar surface area (TPSA) is 41.5 Å². The average Bonchev–Trinajstić information content (AvgIpc) is 2.93. The zero-order valence-electron chi connectivity index (χ0n) is 12.8. The predicted octanol–water partition coefficient (Wildman–Crippen LogP) is 2.58. The van der Waals surface area contributed by atoms with Gasteiger partial charge in [-0.25, -0.2) is 0 Å². The van der Waals surface area contributed by atoms with Gasteiger partial charge in [0.1, 0.15) is 0 Å². The van der Waals surface area contributed by atoms with Crippen LogP contribution in [0.15, 0.2) is 0 Å². The summed E-state index contributed by atoms with van der Waals surface area (Å²) in [7, 11) is 0. The van der Waals surface area contributed by atoms with Gasteiger partial charge >= 0.3 is 0 Å². The van der Waals surface area contributed by atoms with Gasteiger partial charge in [-0.15, -0.1) is 0 Å². The van der Waals surface area contributed by atoms with E-state index in [4.69, 9.17) is 4.74 Å². The highest BCUT2D eigenvalue weighted by Crippen LogP contribution is 2.49. The Morgan fingerprint density at radius 3 is 2.63 bits per heavy atom. The maximum atomic E-state index is 9.82. The normalized spacial score (nSPS) is 31.9. The molecule has 0 spiro atoms. The lowest BCUT2D eigenvalue weighted by atomic mass is 9.87. The van der Waals surface area contributed by atoms with Crippen LogP contribution in [-0.4, -0.2) is 36.5 Å². The third kappa shape index (κ3) is 5.05. The lowest BCUT2D eigenvalue weighted by molar-refractivity contribution is 0.0265. The third-order valence-electron chi connectivity index (χ3n) is 4.70. The fourth-order valence-corrected chi connectivity index (χ4v) is 3.67. The van der Waals surface area contributed by atoms with Crippen molar-refractivity contribution in [2.24, 2.45) is 17.8 Å². The molecule has 19 heavy (non-hydrogen) atoms. The van der Waals surface area contributed by atoms with Gasteiger partial charge in [-0.2, -0.15) is 0 Å². The fraction of sp³-hybridized carbons (Fsp3) is 1.00. The first-order valence-electron chi connectivity index (χ1n) is 7.95. The molecule has 0 amide bonds. The van der Waals surface area contributed by atoms with Crippen molar-refractivity contribution < 1.29 is 9.84 Å². The van der Waals surface area contributed by atoms with Crippen molar-refractivity contribution >= 4 is 0 Å². The Bertz CT molecular complexity index is 274. The smallest absolute Gasteiger partial charge is 0.0897 e. The van der Waals surface area contributed by atoms with Crippen LogP contribution in [0.2, 0.25) is 0 Å². The van der Waals surface area contributed by atoms with Crippen molar-refractivity contribution in [3.05, 3.63) is 0 Å². The Morgan fingerprint density at radius 2 is 2.05 bits per heavy atom. The first-order chi connectivity index (χ1) is 8.94. The Morgan fingerprint density at radius 1 is 1.26 bits per heavy atom. The minimum atomic E-state index is -0.390. The zero-order valence-corrected chi connectivity index (χ0v) is 12.8. The first-order valence-corrected chi connectivity index (χ1v) is 7.95. The summed E-state index contributed by atoms with van der Waals surface area (Å²) in [6.45, 7) is 8.21. The molecule has 0 aromatic carbocycles. The number of hydrogen-bond acceptors (Lipinski definition) is 3. The minimum Gasteiger partial charge on any atom is -0.389 e. The largest absolute Gasteiger partial charge is 0.389 e. The van der Waals surface area contributed by atoms with Crippen molar-refractivity contribution in [2.45, 2.75) is 64.5 Å². The quantitative estimate of drug-likeness (QED) is 0.698. The molecule has 0 saturated heterocycles. The monoisotopic (exact) mass is 269 g/mol. The average molecular weight is 269 g/mol. The first kappa shape index (κ1) is 15.3. The van der Waals surface area contributed by atoms with E-state index in [1.807, 2.05) is 0 Å². The molecule has 2 fully saturated rings. The molecular weight excluding hydrogens is 238 g/mol. The van der Waals surface area contributed by atoms with E-state index in [0.717, 1.165) is 24.4 Å². The van der Waals surface area contributed by atoms with Crippen molar-refractivity contribution in [2.75, 3.05) is 19.8 Å².